The van der Waals surface area contributed by atoms with Gasteiger partial charge in [0, 0.05) is 17.0 Å². The van der Waals surface area contributed by atoms with E-state index >= 15 is 0 Å². The third kappa shape index (κ3) is 4.80. The van der Waals surface area contributed by atoms with E-state index in [9.17, 15) is 4.79 Å². The van der Waals surface area contributed by atoms with Crippen LogP contribution in [0.25, 0.3) is 0 Å². The van der Waals surface area contributed by atoms with Crippen molar-refractivity contribution in [3.05, 3.63) is 34.9 Å². The molecule has 0 aliphatic carbocycles. The second kappa shape index (κ2) is 7.09. The summed E-state index contributed by atoms with van der Waals surface area (Å²) in [5.41, 5.74) is 6.67. The summed E-state index contributed by atoms with van der Waals surface area (Å²) in [5, 5.41) is 3.65. The highest BCUT2D eigenvalue weighted by Gasteiger charge is 2.25. The third-order valence-electron chi connectivity index (χ3n) is 3.37. The number of carbonyl (C=O) groups is 1. The Balaban J connectivity index is 2.64. The zero-order chi connectivity index (χ0) is 15.3. The van der Waals surface area contributed by atoms with Crippen LogP contribution in [0.5, 0.6) is 0 Å². The number of amides is 1. The molecule has 1 aromatic carbocycles. The van der Waals surface area contributed by atoms with Gasteiger partial charge in [-0.05, 0) is 24.0 Å². The quantitative estimate of drug-likeness (QED) is 0.847. The van der Waals surface area contributed by atoms with Gasteiger partial charge in [-0.3, -0.25) is 4.79 Å². The van der Waals surface area contributed by atoms with E-state index in [4.69, 9.17) is 17.3 Å². The van der Waals surface area contributed by atoms with Gasteiger partial charge < -0.3 is 11.1 Å². The standard InChI is InChI=1S/C16H25ClN2O/c1-11(2)9-14(18)15(20)19-10-16(3,4)12-7-5-6-8-13(12)17/h5-8,11,14H,9-10,18H2,1-4H3,(H,19,20)/t14-/m0/s1. The Morgan fingerprint density at radius 3 is 2.50 bits per heavy atom. The van der Waals surface area contributed by atoms with Crippen molar-refractivity contribution in [2.45, 2.75) is 45.6 Å². The van der Waals surface area contributed by atoms with Crippen molar-refractivity contribution in [3.8, 4) is 0 Å². The Hall–Kier alpha value is -1.06. The molecule has 0 unspecified atom stereocenters. The van der Waals surface area contributed by atoms with Crippen molar-refractivity contribution < 1.29 is 4.79 Å². The molecule has 1 atom stereocenters. The molecule has 4 heteroatoms. The summed E-state index contributed by atoms with van der Waals surface area (Å²) >= 11 is 6.22. The normalized spacial score (nSPS) is 13.3. The van der Waals surface area contributed by atoms with Crippen LogP contribution in [-0.2, 0) is 10.2 Å². The van der Waals surface area contributed by atoms with E-state index in [1.807, 2.05) is 24.3 Å². The van der Waals surface area contributed by atoms with E-state index < -0.39 is 6.04 Å². The molecule has 0 saturated carbocycles. The van der Waals surface area contributed by atoms with Crippen molar-refractivity contribution in [1.29, 1.82) is 0 Å². The number of rotatable bonds is 6. The lowest BCUT2D eigenvalue weighted by atomic mass is 9.84. The first-order chi connectivity index (χ1) is 9.24. The van der Waals surface area contributed by atoms with Gasteiger partial charge in [-0.15, -0.1) is 0 Å². The maximum Gasteiger partial charge on any atom is 0.236 e. The molecule has 0 aliphatic heterocycles. The lowest BCUT2D eigenvalue weighted by Gasteiger charge is -2.27. The zero-order valence-corrected chi connectivity index (χ0v) is 13.5. The second-order valence-corrected chi connectivity index (χ2v) is 6.72. The summed E-state index contributed by atoms with van der Waals surface area (Å²) in [6.45, 7) is 8.74. The number of carbonyl (C=O) groups excluding carboxylic acids is 1. The van der Waals surface area contributed by atoms with Crippen molar-refractivity contribution in [2.24, 2.45) is 11.7 Å². The molecule has 112 valence electrons. The molecule has 3 nitrogen and oxygen atoms in total. The fourth-order valence-electron chi connectivity index (χ4n) is 2.16. The summed E-state index contributed by atoms with van der Waals surface area (Å²) in [6.07, 6.45) is 0.693. The monoisotopic (exact) mass is 296 g/mol. The average Bonchev–Trinajstić information content (AvgIpc) is 2.35. The highest BCUT2D eigenvalue weighted by atomic mass is 35.5. The summed E-state index contributed by atoms with van der Waals surface area (Å²) in [4.78, 5) is 12.0. The molecule has 1 amide bonds. The Kier molecular flexibility index (Phi) is 6.03. The minimum absolute atomic E-state index is 0.0983. The van der Waals surface area contributed by atoms with Gasteiger partial charge in [0.15, 0.2) is 0 Å². The van der Waals surface area contributed by atoms with Gasteiger partial charge in [0.25, 0.3) is 0 Å². The maximum absolute atomic E-state index is 12.0. The summed E-state index contributed by atoms with van der Waals surface area (Å²) in [5.74, 6) is 0.311. The van der Waals surface area contributed by atoms with Gasteiger partial charge in [0.1, 0.15) is 0 Å². The van der Waals surface area contributed by atoms with Crippen LogP contribution in [0.1, 0.15) is 39.7 Å². The van der Waals surface area contributed by atoms with E-state index in [0.29, 0.717) is 18.9 Å². The van der Waals surface area contributed by atoms with Crippen LogP contribution in [0.3, 0.4) is 0 Å². The Bertz CT molecular complexity index is 458. The van der Waals surface area contributed by atoms with E-state index in [-0.39, 0.29) is 11.3 Å². The molecule has 0 bridgehead atoms. The fourth-order valence-corrected chi connectivity index (χ4v) is 2.55. The molecule has 0 heterocycles. The Morgan fingerprint density at radius 2 is 1.95 bits per heavy atom. The number of hydrogen-bond acceptors (Lipinski definition) is 2. The summed E-state index contributed by atoms with van der Waals surface area (Å²) in [7, 11) is 0. The van der Waals surface area contributed by atoms with Crippen molar-refractivity contribution in [3.63, 3.8) is 0 Å². The summed E-state index contributed by atoms with van der Waals surface area (Å²) < 4.78 is 0. The molecule has 1 aromatic rings. The molecular weight excluding hydrogens is 272 g/mol. The van der Waals surface area contributed by atoms with Crippen LogP contribution in [0.2, 0.25) is 5.02 Å². The molecule has 0 aliphatic rings. The largest absolute Gasteiger partial charge is 0.354 e. The number of nitrogens with one attached hydrogen (secondary N) is 1. The lowest BCUT2D eigenvalue weighted by Crippen LogP contribution is -2.45. The molecule has 1 rings (SSSR count). The molecule has 0 spiro atoms. The first-order valence-electron chi connectivity index (χ1n) is 7.02. The third-order valence-corrected chi connectivity index (χ3v) is 3.70. The average molecular weight is 297 g/mol. The van der Waals surface area contributed by atoms with Gasteiger partial charge in [0.05, 0.1) is 6.04 Å². The Labute approximate surface area is 126 Å². The van der Waals surface area contributed by atoms with Crippen LogP contribution in [-0.4, -0.2) is 18.5 Å². The molecule has 20 heavy (non-hydrogen) atoms. The molecular formula is C16H25ClN2O. The van der Waals surface area contributed by atoms with Crippen LogP contribution in [0.15, 0.2) is 24.3 Å². The number of hydrogen-bond donors (Lipinski definition) is 2. The van der Waals surface area contributed by atoms with Gasteiger partial charge in [-0.1, -0.05) is 57.5 Å². The first kappa shape index (κ1) is 17.0. The highest BCUT2D eigenvalue weighted by Crippen LogP contribution is 2.28. The fraction of sp³-hybridized carbons (Fsp3) is 0.562. The van der Waals surface area contributed by atoms with Crippen LogP contribution in [0.4, 0.5) is 0 Å². The molecule has 0 radical (unpaired) electrons. The van der Waals surface area contributed by atoms with Crippen LogP contribution >= 0.6 is 11.6 Å². The molecule has 0 saturated heterocycles. The predicted octanol–water partition coefficient (Wildman–Crippen LogP) is 3.11. The van der Waals surface area contributed by atoms with E-state index in [1.54, 1.807) is 0 Å². The SMILES string of the molecule is CC(C)C[C@H](N)C(=O)NCC(C)(C)c1ccccc1Cl. The van der Waals surface area contributed by atoms with Crippen molar-refractivity contribution in [1.82, 2.24) is 5.32 Å². The van der Waals surface area contributed by atoms with E-state index in [0.717, 1.165) is 10.6 Å². The topological polar surface area (TPSA) is 55.1 Å². The second-order valence-electron chi connectivity index (χ2n) is 6.32. The highest BCUT2D eigenvalue weighted by molar-refractivity contribution is 6.31. The van der Waals surface area contributed by atoms with Gasteiger partial charge in [0.2, 0.25) is 5.91 Å². The van der Waals surface area contributed by atoms with Crippen molar-refractivity contribution >= 4 is 17.5 Å². The minimum Gasteiger partial charge on any atom is -0.354 e. The number of nitrogens with two attached hydrogens (primary N) is 1. The van der Waals surface area contributed by atoms with Gasteiger partial charge in [-0.25, -0.2) is 0 Å². The number of benzene rings is 1. The van der Waals surface area contributed by atoms with E-state index in [2.05, 4.69) is 33.0 Å². The van der Waals surface area contributed by atoms with E-state index in [1.165, 1.54) is 0 Å². The minimum atomic E-state index is -0.447. The lowest BCUT2D eigenvalue weighted by molar-refractivity contribution is -0.122. The van der Waals surface area contributed by atoms with Crippen LogP contribution in [0, 0.1) is 5.92 Å². The molecule has 0 fully saturated rings. The van der Waals surface area contributed by atoms with Gasteiger partial charge in [-0.2, -0.15) is 0 Å². The smallest absolute Gasteiger partial charge is 0.236 e. The maximum atomic E-state index is 12.0. The predicted molar refractivity (Wildman–Crippen MR) is 84.9 cm³/mol. The number of halogens is 1. The van der Waals surface area contributed by atoms with Crippen molar-refractivity contribution in [2.75, 3.05) is 6.54 Å². The van der Waals surface area contributed by atoms with Gasteiger partial charge >= 0.3 is 0 Å². The zero-order valence-electron chi connectivity index (χ0n) is 12.7. The first-order valence-corrected chi connectivity index (χ1v) is 7.40. The molecule has 3 N–H and O–H groups in total. The molecule has 0 aromatic heterocycles. The van der Waals surface area contributed by atoms with Crippen LogP contribution < -0.4 is 11.1 Å². The summed E-state index contributed by atoms with van der Waals surface area (Å²) in [6, 6.07) is 7.26. The Morgan fingerprint density at radius 1 is 1.35 bits per heavy atom.